The molecule has 2 heterocycles. The van der Waals surface area contributed by atoms with Crippen LogP contribution in [0.2, 0.25) is 0 Å². The summed E-state index contributed by atoms with van der Waals surface area (Å²) in [6, 6.07) is 14.7. The average Bonchev–Trinajstić information content (AvgIpc) is 3.22. The molecule has 0 saturated heterocycles. The Labute approximate surface area is 181 Å². The Morgan fingerprint density at radius 3 is 2.65 bits per heavy atom. The highest BCUT2D eigenvalue weighted by Crippen LogP contribution is 2.23. The normalized spacial score (nSPS) is 11.2. The number of aromatic nitrogens is 4. The van der Waals surface area contributed by atoms with Gasteiger partial charge in [-0.1, -0.05) is 36.0 Å². The minimum atomic E-state index is -0.547. The number of anilines is 1. The van der Waals surface area contributed by atoms with E-state index in [0.717, 1.165) is 11.8 Å². The van der Waals surface area contributed by atoms with Gasteiger partial charge in [0, 0.05) is 12.1 Å². The Morgan fingerprint density at radius 2 is 1.87 bits per heavy atom. The van der Waals surface area contributed by atoms with Crippen LogP contribution in [-0.2, 0) is 4.79 Å². The number of benzene rings is 2. The number of carbonyl (C=O) groups is 1. The third-order valence-electron chi connectivity index (χ3n) is 4.60. The van der Waals surface area contributed by atoms with Gasteiger partial charge in [-0.25, -0.2) is 14.1 Å². The van der Waals surface area contributed by atoms with E-state index in [2.05, 4.69) is 15.4 Å². The van der Waals surface area contributed by atoms with E-state index in [0.29, 0.717) is 16.7 Å². The molecule has 2 aromatic carbocycles. The molecule has 0 saturated carbocycles. The second-order valence-corrected chi connectivity index (χ2v) is 8.04. The lowest BCUT2D eigenvalue weighted by Gasteiger charge is -2.14. The summed E-state index contributed by atoms with van der Waals surface area (Å²) in [6.07, 6.45) is 1.61. The van der Waals surface area contributed by atoms with Gasteiger partial charge in [0.15, 0.2) is 5.16 Å². The highest BCUT2D eigenvalue weighted by atomic mass is 32.2. The number of carbonyl (C=O) groups excluding carboxylic acids is 1. The molecule has 0 aliphatic heterocycles. The highest BCUT2D eigenvalue weighted by Gasteiger charge is 2.17. The van der Waals surface area contributed by atoms with Crippen LogP contribution in [0.25, 0.3) is 16.6 Å². The van der Waals surface area contributed by atoms with Crippen molar-refractivity contribution in [3.8, 4) is 5.69 Å². The largest absolute Gasteiger partial charge is 0.310 e. The molecule has 9 heteroatoms. The Hall–Kier alpha value is -3.46. The molecule has 4 rings (SSSR count). The number of halogens is 1. The fraction of sp³-hybridized carbons (Fsp3) is 0.182. The van der Waals surface area contributed by atoms with Crippen molar-refractivity contribution in [1.29, 1.82) is 0 Å². The first kappa shape index (κ1) is 20.8. The zero-order valence-corrected chi connectivity index (χ0v) is 17.8. The van der Waals surface area contributed by atoms with Crippen molar-refractivity contribution in [1.82, 2.24) is 19.3 Å². The second kappa shape index (κ2) is 8.73. The molecule has 1 amide bonds. The zero-order valence-electron chi connectivity index (χ0n) is 16.9. The molecule has 0 radical (unpaired) electrons. The predicted octanol–water partition coefficient (Wildman–Crippen LogP) is 4.03. The van der Waals surface area contributed by atoms with E-state index in [4.69, 9.17) is 0 Å². The fourth-order valence-corrected chi connectivity index (χ4v) is 3.99. The lowest BCUT2D eigenvalue weighted by molar-refractivity contribution is -0.113. The topological polar surface area (TPSA) is 81.8 Å². The van der Waals surface area contributed by atoms with Crippen LogP contribution in [0.3, 0.4) is 0 Å². The van der Waals surface area contributed by atoms with Crippen LogP contribution in [0.4, 0.5) is 10.2 Å². The van der Waals surface area contributed by atoms with Gasteiger partial charge in [0.05, 0.1) is 28.5 Å². The molecule has 0 unspecified atom stereocenters. The monoisotopic (exact) mass is 437 g/mol. The number of nitrogens with zero attached hydrogens (tertiary/aromatic N) is 4. The van der Waals surface area contributed by atoms with Crippen molar-refractivity contribution < 1.29 is 9.18 Å². The molecule has 158 valence electrons. The van der Waals surface area contributed by atoms with Gasteiger partial charge in [-0.3, -0.25) is 14.2 Å². The summed E-state index contributed by atoms with van der Waals surface area (Å²) in [5.74, 6) is -0.259. The summed E-state index contributed by atoms with van der Waals surface area (Å²) in [5, 5.41) is 7.62. The lowest BCUT2D eigenvalue weighted by atomic mass is 10.2. The highest BCUT2D eigenvalue weighted by molar-refractivity contribution is 7.99. The molecular formula is C22H20FN5O2S. The van der Waals surface area contributed by atoms with Crippen molar-refractivity contribution in [2.75, 3.05) is 11.1 Å². The van der Waals surface area contributed by atoms with Crippen LogP contribution in [0, 0.1) is 5.82 Å². The summed E-state index contributed by atoms with van der Waals surface area (Å²) in [5.41, 5.74) is 0.184. The molecule has 0 bridgehead atoms. The Bertz CT molecular complexity index is 1310. The van der Waals surface area contributed by atoms with Gasteiger partial charge in [0.25, 0.3) is 5.56 Å². The maximum absolute atomic E-state index is 14.5. The zero-order chi connectivity index (χ0) is 22.0. The number of rotatable bonds is 6. The first-order valence-electron chi connectivity index (χ1n) is 9.68. The van der Waals surface area contributed by atoms with E-state index in [9.17, 15) is 14.0 Å². The SMILES string of the molecule is CC(C)n1nccc1NC(=O)CSc1nc2ccccc2c(=O)n1-c1ccccc1F. The lowest BCUT2D eigenvalue weighted by Crippen LogP contribution is -2.24. The number of para-hydroxylation sites is 2. The number of nitrogens with one attached hydrogen (secondary N) is 1. The van der Waals surface area contributed by atoms with E-state index in [1.807, 2.05) is 13.8 Å². The van der Waals surface area contributed by atoms with E-state index >= 15 is 0 Å². The molecule has 0 atom stereocenters. The van der Waals surface area contributed by atoms with Crippen LogP contribution in [0.15, 0.2) is 70.7 Å². The van der Waals surface area contributed by atoms with E-state index in [1.54, 1.807) is 53.3 Å². The van der Waals surface area contributed by atoms with Gasteiger partial charge in [-0.05, 0) is 38.1 Å². The molecule has 1 N–H and O–H groups in total. The van der Waals surface area contributed by atoms with Gasteiger partial charge in [-0.2, -0.15) is 5.10 Å². The smallest absolute Gasteiger partial charge is 0.266 e. The second-order valence-electron chi connectivity index (χ2n) is 7.10. The Kier molecular flexibility index (Phi) is 5.85. The maximum Gasteiger partial charge on any atom is 0.266 e. The number of hydrogen-bond acceptors (Lipinski definition) is 5. The van der Waals surface area contributed by atoms with Crippen LogP contribution in [-0.4, -0.2) is 31.0 Å². The summed E-state index contributed by atoms with van der Waals surface area (Å²) in [4.78, 5) is 30.2. The third-order valence-corrected chi connectivity index (χ3v) is 5.54. The minimum Gasteiger partial charge on any atom is -0.310 e. The number of fused-ring (bicyclic) bond motifs is 1. The van der Waals surface area contributed by atoms with Crippen molar-refractivity contribution in [3.63, 3.8) is 0 Å². The molecule has 0 aliphatic carbocycles. The number of hydrogen-bond donors (Lipinski definition) is 1. The van der Waals surface area contributed by atoms with E-state index in [1.165, 1.54) is 16.7 Å². The van der Waals surface area contributed by atoms with Crippen molar-refractivity contribution >= 4 is 34.4 Å². The Morgan fingerprint density at radius 1 is 1.13 bits per heavy atom. The van der Waals surface area contributed by atoms with Gasteiger partial charge in [0.1, 0.15) is 11.6 Å². The van der Waals surface area contributed by atoms with Crippen LogP contribution >= 0.6 is 11.8 Å². The number of amides is 1. The summed E-state index contributed by atoms with van der Waals surface area (Å²) in [7, 11) is 0. The van der Waals surface area contributed by atoms with E-state index in [-0.39, 0.29) is 28.5 Å². The molecular weight excluding hydrogens is 417 g/mol. The molecule has 0 spiro atoms. The van der Waals surface area contributed by atoms with Crippen molar-refractivity contribution in [2.24, 2.45) is 0 Å². The standard InChI is InChI=1S/C22H20FN5O2S/c1-14(2)28-19(11-12-24-28)26-20(29)13-31-22-25-17-9-5-3-7-15(17)21(30)27(22)18-10-6-4-8-16(18)23/h3-12,14H,13H2,1-2H3,(H,26,29). The van der Waals surface area contributed by atoms with Crippen LogP contribution in [0.5, 0.6) is 0 Å². The first-order chi connectivity index (χ1) is 15.0. The van der Waals surface area contributed by atoms with Crippen LogP contribution < -0.4 is 10.9 Å². The first-order valence-corrected chi connectivity index (χ1v) is 10.7. The summed E-state index contributed by atoms with van der Waals surface area (Å²) >= 11 is 1.07. The van der Waals surface area contributed by atoms with Gasteiger partial charge >= 0.3 is 0 Å². The predicted molar refractivity (Wildman–Crippen MR) is 119 cm³/mol. The van der Waals surface area contributed by atoms with Crippen molar-refractivity contribution in [2.45, 2.75) is 25.0 Å². The molecule has 31 heavy (non-hydrogen) atoms. The minimum absolute atomic E-state index is 0.0114. The molecule has 0 aliphatic rings. The van der Waals surface area contributed by atoms with Crippen LogP contribution in [0.1, 0.15) is 19.9 Å². The quantitative estimate of drug-likeness (QED) is 0.364. The molecule has 4 aromatic rings. The van der Waals surface area contributed by atoms with Gasteiger partial charge < -0.3 is 5.32 Å². The van der Waals surface area contributed by atoms with Gasteiger partial charge in [0.2, 0.25) is 5.91 Å². The van der Waals surface area contributed by atoms with E-state index < -0.39 is 11.4 Å². The molecule has 0 fully saturated rings. The van der Waals surface area contributed by atoms with Gasteiger partial charge in [-0.15, -0.1) is 0 Å². The Balaban J connectivity index is 1.67. The molecule has 2 aromatic heterocycles. The maximum atomic E-state index is 14.5. The summed E-state index contributed by atoms with van der Waals surface area (Å²) in [6.45, 7) is 3.92. The average molecular weight is 438 g/mol. The third kappa shape index (κ3) is 4.22. The molecule has 7 nitrogen and oxygen atoms in total. The fourth-order valence-electron chi connectivity index (χ4n) is 3.19. The number of thioether (sulfide) groups is 1. The van der Waals surface area contributed by atoms with Crippen molar-refractivity contribution in [3.05, 3.63) is 77.0 Å². The summed E-state index contributed by atoms with van der Waals surface area (Å²) < 4.78 is 17.4.